The second kappa shape index (κ2) is 3.85. The monoisotopic (exact) mass is 244 g/mol. The molecule has 0 bridgehead atoms. The van der Waals surface area contributed by atoms with Crippen LogP contribution in [0.15, 0.2) is 18.2 Å². The van der Waals surface area contributed by atoms with Crippen LogP contribution in [0.25, 0.3) is 10.6 Å². The van der Waals surface area contributed by atoms with E-state index in [0.717, 1.165) is 10.6 Å². The summed E-state index contributed by atoms with van der Waals surface area (Å²) >= 11 is 13.1. The maximum Gasteiger partial charge on any atom is 0.224 e. The van der Waals surface area contributed by atoms with E-state index in [1.807, 2.05) is 19.1 Å². The summed E-state index contributed by atoms with van der Waals surface area (Å²) in [7, 11) is 0. The lowest BCUT2D eigenvalue weighted by Gasteiger charge is -1.97. The summed E-state index contributed by atoms with van der Waals surface area (Å²) in [6.07, 6.45) is 0. The Bertz CT molecular complexity index is 447. The zero-order valence-corrected chi connectivity index (χ0v) is 9.62. The Morgan fingerprint density at radius 2 is 2.00 bits per heavy atom. The van der Waals surface area contributed by atoms with Gasteiger partial charge in [0.1, 0.15) is 5.15 Å². The topological polar surface area (TPSA) is 25.8 Å². The highest BCUT2D eigenvalue weighted by molar-refractivity contribution is 7.15. The molecule has 0 amide bonds. The first kappa shape index (κ1) is 9.90. The number of halogens is 2. The lowest BCUT2D eigenvalue weighted by atomic mass is 10.3. The molecule has 0 fully saturated rings. The highest BCUT2D eigenvalue weighted by Crippen LogP contribution is 2.27. The molecule has 0 saturated carbocycles. The summed E-state index contributed by atoms with van der Waals surface area (Å²) in [5.41, 5.74) is 0.771. The minimum absolute atomic E-state index is 0.179. The van der Waals surface area contributed by atoms with Gasteiger partial charge in [0.15, 0.2) is 0 Å². The molecule has 2 heterocycles. The number of aryl methyl sites for hydroxylation is 1. The number of rotatable bonds is 1. The molecule has 72 valence electrons. The molecular formula is C9H6Cl2N2S. The fourth-order valence-electron chi connectivity index (χ4n) is 1.09. The summed E-state index contributed by atoms with van der Waals surface area (Å²) in [4.78, 5) is 10.2. The third-order valence-electron chi connectivity index (χ3n) is 1.66. The predicted octanol–water partition coefficient (Wildman–Crippen LogP) is 3.82. The Morgan fingerprint density at radius 3 is 2.57 bits per heavy atom. The standard InChI is InChI=1S/C9H6Cl2N2S/c1-5-2-3-7(14-5)6-4-8(10)13-9(11)12-6/h2-4H,1H3. The first-order valence-electron chi connectivity index (χ1n) is 3.92. The average Bonchev–Trinajstić information content (AvgIpc) is 2.50. The minimum Gasteiger partial charge on any atom is -0.217 e. The predicted molar refractivity (Wildman–Crippen MR) is 60.1 cm³/mol. The van der Waals surface area contributed by atoms with E-state index in [1.165, 1.54) is 4.88 Å². The SMILES string of the molecule is Cc1ccc(-c2cc(Cl)nc(Cl)n2)s1. The molecule has 5 heteroatoms. The van der Waals surface area contributed by atoms with Crippen LogP contribution in [0.2, 0.25) is 10.4 Å². The van der Waals surface area contributed by atoms with Gasteiger partial charge in [-0.1, -0.05) is 11.6 Å². The quantitative estimate of drug-likeness (QED) is 0.563. The van der Waals surface area contributed by atoms with Crippen LogP contribution in [0.4, 0.5) is 0 Å². The number of aromatic nitrogens is 2. The number of hydrogen-bond donors (Lipinski definition) is 0. The Kier molecular flexibility index (Phi) is 2.72. The normalized spacial score (nSPS) is 10.5. The number of thiophene rings is 1. The minimum atomic E-state index is 0.179. The first-order chi connectivity index (χ1) is 6.65. The van der Waals surface area contributed by atoms with Crippen LogP contribution < -0.4 is 0 Å². The van der Waals surface area contributed by atoms with Gasteiger partial charge in [0, 0.05) is 10.9 Å². The van der Waals surface area contributed by atoms with Crippen molar-refractivity contribution in [1.29, 1.82) is 0 Å². The van der Waals surface area contributed by atoms with Gasteiger partial charge in [-0.25, -0.2) is 9.97 Å². The fourth-order valence-corrected chi connectivity index (χ4v) is 2.33. The van der Waals surface area contributed by atoms with E-state index in [0.29, 0.717) is 5.15 Å². The lowest BCUT2D eigenvalue weighted by molar-refractivity contribution is 1.18. The van der Waals surface area contributed by atoms with Crippen molar-refractivity contribution in [3.05, 3.63) is 33.5 Å². The van der Waals surface area contributed by atoms with Crippen molar-refractivity contribution >= 4 is 34.5 Å². The van der Waals surface area contributed by atoms with Crippen LogP contribution >= 0.6 is 34.5 Å². The van der Waals surface area contributed by atoms with Crippen molar-refractivity contribution in [1.82, 2.24) is 9.97 Å². The molecule has 0 aliphatic heterocycles. The van der Waals surface area contributed by atoms with Gasteiger partial charge in [0.05, 0.1) is 10.6 Å². The van der Waals surface area contributed by atoms with Gasteiger partial charge in [-0.15, -0.1) is 11.3 Å². The van der Waals surface area contributed by atoms with Crippen molar-refractivity contribution in [3.8, 4) is 10.6 Å². The highest BCUT2D eigenvalue weighted by Gasteiger charge is 2.05. The molecule has 0 aliphatic carbocycles. The molecule has 2 nitrogen and oxygen atoms in total. The van der Waals surface area contributed by atoms with Crippen molar-refractivity contribution in [2.45, 2.75) is 6.92 Å². The molecule has 2 aromatic heterocycles. The van der Waals surface area contributed by atoms with E-state index >= 15 is 0 Å². The maximum atomic E-state index is 5.78. The molecule has 0 atom stereocenters. The Hall–Kier alpha value is -0.640. The van der Waals surface area contributed by atoms with E-state index in [2.05, 4.69) is 9.97 Å². The molecule has 0 aromatic carbocycles. The van der Waals surface area contributed by atoms with Crippen LogP contribution in [0, 0.1) is 6.92 Å². The molecular weight excluding hydrogens is 239 g/mol. The molecule has 2 aromatic rings. The van der Waals surface area contributed by atoms with Gasteiger partial charge in [-0.05, 0) is 30.7 Å². The van der Waals surface area contributed by atoms with E-state index in [9.17, 15) is 0 Å². The summed E-state index contributed by atoms with van der Waals surface area (Å²) in [5.74, 6) is 0. The fraction of sp³-hybridized carbons (Fsp3) is 0.111. The van der Waals surface area contributed by atoms with Gasteiger partial charge >= 0.3 is 0 Å². The van der Waals surface area contributed by atoms with Gasteiger partial charge in [-0.2, -0.15) is 0 Å². The van der Waals surface area contributed by atoms with E-state index < -0.39 is 0 Å². The van der Waals surface area contributed by atoms with Crippen LogP contribution in [-0.2, 0) is 0 Å². The lowest BCUT2D eigenvalue weighted by Crippen LogP contribution is -1.85. The second-order valence-corrected chi connectivity index (χ2v) is 4.77. The first-order valence-corrected chi connectivity index (χ1v) is 5.49. The van der Waals surface area contributed by atoms with E-state index in [1.54, 1.807) is 17.4 Å². The molecule has 0 spiro atoms. The molecule has 0 radical (unpaired) electrons. The summed E-state index contributed by atoms with van der Waals surface area (Å²) in [6, 6.07) is 5.73. The number of nitrogens with zero attached hydrogens (tertiary/aromatic N) is 2. The Morgan fingerprint density at radius 1 is 1.21 bits per heavy atom. The van der Waals surface area contributed by atoms with Crippen molar-refractivity contribution in [3.63, 3.8) is 0 Å². The third kappa shape index (κ3) is 2.05. The molecule has 0 saturated heterocycles. The molecule has 0 aliphatic rings. The van der Waals surface area contributed by atoms with Gasteiger partial charge < -0.3 is 0 Å². The Balaban J connectivity index is 2.51. The summed E-state index contributed by atoms with van der Waals surface area (Å²) in [6.45, 7) is 2.04. The molecule has 0 N–H and O–H groups in total. The highest BCUT2D eigenvalue weighted by atomic mass is 35.5. The second-order valence-electron chi connectivity index (χ2n) is 2.76. The van der Waals surface area contributed by atoms with Gasteiger partial charge in [-0.3, -0.25) is 0 Å². The van der Waals surface area contributed by atoms with Crippen molar-refractivity contribution in [2.24, 2.45) is 0 Å². The zero-order chi connectivity index (χ0) is 10.1. The van der Waals surface area contributed by atoms with Crippen LogP contribution in [0.1, 0.15) is 4.88 Å². The molecule has 0 unspecified atom stereocenters. The largest absolute Gasteiger partial charge is 0.224 e. The van der Waals surface area contributed by atoms with Crippen molar-refractivity contribution in [2.75, 3.05) is 0 Å². The Labute approximate surface area is 95.5 Å². The molecule has 2 rings (SSSR count). The average molecular weight is 245 g/mol. The van der Waals surface area contributed by atoms with E-state index in [4.69, 9.17) is 23.2 Å². The van der Waals surface area contributed by atoms with Gasteiger partial charge in [0.2, 0.25) is 5.28 Å². The number of hydrogen-bond acceptors (Lipinski definition) is 3. The smallest absolute Gasteiger partial charge is 0.217 e. The van der Waals surface area contributed by atoms with Crippen LogP contribution in [-0.4, -0.2) is 9.97 Å². The van der Waals surface area contributed by atoms with Crippen LogP contribution in [0.5, 0.6) is 0 Å². The maximum absolute atomic E-state index is 5.78. The van der Waals surface area contributed by atoms with Crippen LogP contribution in [0.3, 0.4) is 0 Å². The van der Waals surface area contributed by atoms with Gasteiger partial charge in [0.25, 0.3) is 0 Å². The zero-order valence-electron chi connectivity index (χ0n) is 7.29. The third-order valence-corrected chi connectivity index (χ3v) is 3.05. The van der Waals surface area contributed by atoms with E-state index in [-0.39, 0.29) is 5.28 Å². The van der Waals surface area contributed by atoms with Crippen molar-refractivity contribution < 1.29 is 0 Å². The summed E-state index contributed by atoms with van der Waals surface area (Å²) < 4.78 is 0. The molecule has 14 heavy (non-hydrogen) atoms. The summed E-state index contributed by atoms with van der Waals surface area (Å²) in [5, 5.41) is 0.546.